The molecule has 1 aromatic rings. The Morgan fingerprint density at radius 1 is 1.00 bits per heavy atom. The predicted octanol–water partition coefficient (Wildman–Crippen LogP) is 3.22. The number of hydrogen-bond acceptors (Lipinski definition) is 3. The average molecular weight is 353 g/mol. The van der Waals surface area contributed by atoms with Crippen LogP contribution in [0.25, 0.3) is 0 Å². The quantitative estimate of drug-likeness (QED) is 0.817. The Balaban J connectivity index is 2.07. The molecule has 0 spiro atoms. The van der Waals surface area contributed by atoms with Crippen molar-refractivity contribution in [2.75, 3.05) is 0 Å². The second-order valence-electron chi connectivity index (χ2n) is 7.54. The van der Waals surface area contributed by atoms with Gasteiger partial charge in [-0.2, -0.15) is 0 Å². The SMILES string of the molecule is CC(C)(C)NC(=O)c1ccc(S(=O)(=O)NC2CCCCCC2)cc1. The molecule has 1 amide bonds. The molecule has 0 atom stereocenters. The second kappa shape index (κ2) is 7.66. The molecule has 134 valence electrons. The summed E-state index contributed by atoms with van der Waals surface area (Å²) >= 11 is 0. The van der Waals surface area contributed by atoms with Crippen molar-refractivity contribution in [1.82, 2.24) is 10.0 Å². The zero-order valence-electron chi connectivity index (χ0n) is 14.8. The molecule has 1 aliphatic carbocycles. The largest absolute Gasteiger partial charge is 0.347 e. The molecule has 0 radical (unpaired) electrons. The van der Waals surface area contributed by atoms with Gasteiger partial charge in [0.05, 0.1) is 4.90 Å². The maximum atomic E-state index is 12.5. The maximum Gasteiger partial charge on any atom is 0.251 e. The van der Waals surface area contributed by atoms with Crippen LogP contribution in [0.4, 0.5) is 0 Å². The van der Waals surface area contributed by atoms with Crippen LogP contribution in [-0.4, -0.2) is 25.9 Å². The third kappa shape index (κ3) is 5.60. The monoisotopic (exact) mass is 352 g/mol. The molecule has 0 bridgehead atoms. The summed E-state index contributed by atoms with van der Waals surface area (Å²) in [5.41, 5.74) is 0.126. The Hall–Kier alpha value is -1.40. The molecular weight excluding hydrogens is 324 g/mol. The summed E-state index contributed by atoms with van der Waals surface area (Å²) < 4.78 is 27.8. The maximum absolute atomic E-state index is 12.5. The van der Waals surface area contributed by atoms with Crippen LogP contribution in [0.15, 0.2) is 29.2 Å². The van der Waals surface area contributed by atoms with Crippen LogP contribution in [0.1, 0.15) is 69.7 Å². The van der Waals surface area contributed by atoms with Gasteiger partial charge < -0.3 is 5.32 Å². The predicted molar refractivity (Wildman–Crippen MR) is 95.5 cm³/mol. The van der Waals surface area contributed by atoms with Crippen LogP contribution in [0.2, 0.25) is 0 Å². The zero-order chi connectivity index (χ0) is 17.8. The van der Waals surface area contributed by atoms with Crippen molar-refractivity contribution >= 4 is 15.9 Å². The van der Waals surface area contributed by atoms with Gasteiger partial charge in [0.1, 0.15) is 0 Å². The summed E-state index contributed by atoms with van der Waals surface area (Å²) in [6.45, 7) is 5.71. The first-order chi connectivity index (χ1) is 11.2. The average Bonchev–Trinajstić information content (AvgIpc) is 2.74. The lowest BCUT2D eigenvalue weighted by molar-refractivity contribution is 0.0919. The molecule has 2 rings (SSSR count). The highest BCUT2D eigenvalue weighted by Crippen LogP contribution is 2.20. The summed E-state index contributed by atoms with van der Waals surface area (Å²) in [6.07, 6.45) is 6.28. The number of benzene rings is 1. The first kappa shape index (κ1) is 18.9. The molecule has 1 aromatic carbocycles. The fraction of sp³-hybridized carbons (Fsp3) is 0.611. The van der Waals surface area contributed by atoms with E-state index in [0.29, 0.717) is 5.56 Å². The van der Waals surface area contributed by atoms with E-state index in [1.54, 1.807) is 12.1 Å². The van der Waals surface area contributed by atoms with Crippen molar-refractivity contribution < 1.29 is 13.2 Å². The fourth-order valence-electron chi connectivity index (χ4n) is 2.88. The van der Waals surface area contributed by atoms with E-state index >= 15 is 0 Å². The topological polar surface area (TPSA) is 75.3 Å². The van der Waals surface area contributed by atoms with E-state index in [1.807, 2.05) is 20.8 Å². The summed E-state index contributed by atoms with van der Waals surface area (Å²) in [7, 11) is -3.54. The minimum atomic E-state index is -3.54. The Morgan fingerprint density at radius 2 is 1.54 bits per heavy atom. The van der Waals surface area contributed by atoms with Crippen molar-refractivity contribution in [3.63, 3.8) is 0 Å². The Kier molecular flexibility index (Phi) is 6.04. The lowest BCUT2D eigenvalue weighted by atomic mass is 10.1. The highest BCUT2D eigenvalue weighted by molar-refractivity contribution is 7.89. The highest BCUT2D eigenvalue weighted by Gasteiger charge is 2.22. The smallest absolute Gasteiger partial charge is 0.251 e. The lowest BCUT2D eigenvalue weighted by Crippen LogP contribution is -2.40. The van der Waals surface area contributed by atoms with E-state index in [4.69, 9.17) is 0 Å². The van der Waals surface area contributed by atoms with Gasteiger partial charge in [-0.05, 0) is 57.9 Å². The third-order valence-electron chi connectivity index (χ3n) is 4.09. The normalized spacial score (nSPS) is 17.3. The number of carbonyl (C=O) groups excluding carboxylic acids is 1. The van der Waals surface area contributed by atoms with Crippen molar-refractivity contribution in [2.24, 2.45) is 0 Å². The minimum absolute atomic E-state index is 0.0152. The van der Waals surface area contributed by atoms with E-state index in [2.05, 4.69) is 10.0 Å². The molecule has 0 aliphatic heterocycles. The molecule has 0 unspecified atom stereocenters. The Bertz CT molecular complexity index is 652. The molecule has 0 saturated heterocycles. The van der Waals surface area contributed by atoms with Gasteiger partial charge in [0.25, 0.3) is 5.91 Å². The molecule has 5 nitrogen and oxygen atoms in total. The van der Waals surface area contributed by atoms with E-state index in [1.165, 1.54) is 25.0 Å². The highest BCUT2D eigenvalue weighted by atomic mass is 32.2. The zero-order valence-corrected chi connectivity index (χ0v) is 15.6. The van der Waals surface area contributed by atoms with Crippen LogP contribution in [-0.2, 0) is 10.0 Å². The molecule has 0 heterocycles. The van der Waals surface area contributed by atoms with E-state index in [9.17, 15) is 13.2 Å². The summed E-state index contributed by atoms with van der Waals surface area (Å²) in [5, 5.41) is 2.86. The molecule has 6 heteroatoms. The first-order valence-corrected chi connectivity index (χ1v) is 10.1. The van der Waals surface area contributed by atoms with Crippen LogP contribution in [0, 0.1) is 0 Å². The second-order valence-corrected chi connectivity index (χ2v) is 9.25. The van der Waals surface area contributed by atoms with Gasteiger partial charge in [0.2, 0.25) is 10.0 Å². The summed E-state index contributed by atoms with van der Waals surface area (Å²) in [5.74, 6) is -0.205. The van der Waals surface area contributed by atoms with Gasteiger partial charge in [-0.25, -0.2) is 13.1 Å². The van der Waals surface area contributed by atoms with E-state index in [-0.39, 0.29) is 22.4 Å². The molecular formula is C18H28N2O3S. The fourth-order valence-corrected chi connectivity index (χ4v) is 4.19. The van der Waals surface area contributed by atoms with Crippen LogP contribution >= 0.6 is 0 Å². The number of nitrogens with one attached hydrogen (secondary N) is 2. The van der Waals surface area contributed by atoms with Gasteiger partial charge in [-0.3, -0.25) is 4.79 Å². The minimum Gasteiger partial charge on any atom is -0.347 e. The molecule has 1 fully saturated rings. The van der Waals surface area contributed by atoms with Crippen molar-refractivity contribution in [2.45, 2.75) is 75.8 Å². The molecule has 1 saturated carbocycles. The first-order valence-electron chi connectivity index (χ1n) is 8.62. The summed E-state index contributed by atoms with van der Waals surface area (Å²) in [6, 6.07) is 6.12. The van der Waals surface area contributed by atoms with E-state index < -0.39 is 10.0 Å². The van der Waals surface area contributed by atoms with Crippen LogP contribution < -0.4 is 10.0 Å². The molecule has 24 heavy (non-hydrogen) atoms. The van der Waals surface area contributed by atoms with Crippen molar-refractivity contribution in [1.29, 1.82) is 0 Å². The number of carbonyl (C=O) groups is 1. The Labute approximate surface area is 145 Å². The van der Waals surface area contributed by atoms with Crippen molar-refractivity contribution in [3.05, 3.63) is 29.8 Å². The molecule has 1 aliphatic rings. The van der Waals surface area contributed by atoms with Gasteiger partial charge in [0, 0.05) is 17.1 Å². The molecule has 2 N–H and O–H groups in total. The number of amides is 1. The Morgan fingerprint density at radius 3 is 2.04 bits per heavy atom. The number of rotatable bonds is 4. The molecule has 0 aromatic heterocycles. The van der Waals surface area contributed by atoms with Gasteiger partial charge >= 0.3 is 0 Å². The van der Waals surface area contributed by atoms with Gasteiger partial charge in [-0.15, -0.1) is 0 Å². The third-order valence-corrected chi connectivity index (χ3v) is 5.63. The van der Waals surface area contributed by atoms with Crippen LogP contribution in [0.3, 0.4) is 0 Å². The standard InChI is InChI=1S/C18H28N2O3S/c1-18(2,3)19-17(21)14-10-12-16(13-11-14)24(22,23)20-15-8-6-4-5-7-9-15/h10-13,15,20H,4-9H2,1-3H3,(H,19,21). The number of hydrogen-bond donors (Lipinski definition) is 2. The van der Waals surface area contributed by atoms with Crippen molar-refractivity contribution in [3.8, 4) is 0 Å². The number of sulfonamides is 1. The van der Waals surface area contributed by atoms with Gasteiger partial charge in [-0.1, -0.05) is 25.7 Å². The lowest BCUT2D eigenvalue weighted by Gasteiger charge is -2.20. The summed E-state index contributed by atoms with van der Waals surface area (Å²) in [4.78, 5) is 12.3. The van der Waals surface area contributed by atoms with E-state index in [0.717, 1.165) is 25.7 Å². The van der Waals surface area contributed by atoms with Crippen LogP contribution in [0.5, 0.6) is 0 Å². The van der Waals surface area contributed by atoms with Gasteiger partial charge in [0.15, 0.2) is 0 Å².